The van der Waals surface area contributed by atoms with E-state index < -0.39 is 0 Å². The van der Waals surface area contributed by atoms with E-state index in [-0.39, 0.29) is 5.91 Å². The molecule has 0 saturated carbocycles. The molecule has 3 nitrogen and oxygen atoms in total. The summed E-state index contributed by atoms with van der Waals surface area (Å²) in [5.41, 5.74) is 1.67. The average Bonchev–Trinajstić information content (AvgIpc) is 2.01. The molecule has 0 aliphatic heterocycles. The summed E-state index contributed by atoms with van der Waals surface area (Å²) in [7, 11) is 3.82. The van der Waals surface area contributed by atoms with Crippen LogP contribution in [0, 0.1) is 0 Å². The zero-order chi connectivity index (χ0) is 10.7. The van der Waals surface area contributed by atoms with Crippen molar-refractivity contribution in [3.05, 3.63) is 23.2 Å². The van der Waals surface area contributed by atoms with Gasteiger partial charge in [-0.1, -0.05) is 11.6 Å². The number of carbonyl (C=O) groups is 1. The van der Waals surface area contributed by atoms with E-state index in [9.17, 15) is 4.79 Å². The molecular weight excluding hydrogens is 200 g/mol. The third kappa shape index (κ3) is 2.64. The molecule has 0 aliphatic carbocycles. The number of rotatable bonds is 2. The second kappa shape index (κ2) is 4.33. The molecule has 1 aromatic carbocycles. The molecular formula is C10H13ClN2O. The van der Waals surface area contributed by atoms with Gasteiger partial charge < -0.3 is 10.2 Å². The summed E-state index contributed by atoms with van der Waals surface area (Å²) in [6.07, 6.45) is 0. The van der Waals surface area contributed by atoms with Gasteiger partial charge >= 0.3 is 0 Å². The number of nitrogens with one attached hydrogen (secondary N) is 1. The third-order valence-corrected chi connectivity index (χ3v) is 1.99. The molecule has 0 aromatic heterocycles. The lowest BCUT2D eigenvalue weighted by molar-refractivity contribution is -0.114. The van der Waals surface area contributed by atoms with Gasteiger partial charge in [0.05, 0.1) is 11.4 Å². The van der Waals surface area contributed by atoms with E-state index in [1.807, 2.05) is 25.1 Å². The standard InChI is InChI=1S/C10H13ClN2O/c1-7(14)12-9-6-8(11)4-5-10(9)13(2)3/h4-6H,1-3H3,(H,12,14). The Balaban J connectivity index is 3.09. The molecule has 0 spiro atoms. The van der Waals surface area contributed by atoms with Crippen LogP contribution in [0.1, 0.15) is 6.92 Å². The number of anilines is 2. The number of carbonyl (C=O) groups excluding carboxylic acids is 1. The van der Waals surface area contributed by atoms with Gasteiger partial charge in [-0.15, -0.1) is 0 Å². The zero-order valence-corrected chi connectivity index (χ0v) is 9.22. The summed E-state index contributed by atoms with van der Waals surface area (Å²) in [5, 5.41) is 3.34. The highest BCUT2D eigenvalue weighted by atomic mass is 35.5. The van der Waals surface area contributed by atoms with Crippen LogP contribution in [-0.2, 0) is 4.79 Å². The first kappa shape index (κ1) is 10.9. The molecule has 0 atom stereocenters. The smallest absolute Gasteiger partial charge is 0.221 e. The Bertz CT molecular complexity index is 350. The topological polar surface area (TPSA) is 32.3 Å². The Kier molecular flexibility index (Phi) is 3.36. The van der Waals surface area contributed by atoms with E-state index in [0.29, 0.717) is 5.02 Å². The average molecular weight is 213 g/mol. The van der Waals surface area contributed by atoms with Crippen molar-refractivity contribution in [1.82, 2.24) is 0 Å². The van der Waals surface area contributed by atoms with Crippen molar-refractivity contribution in [1.29, 1.82) is 0 Å². The number of hydrogen-bond donors (Lipinski definition) is 1. The SMILES string of the molecule is CC(=O)Nc1cc(Cl)ccc1N(C)C. The number of hydrogen-bond acceptors (Lipinski definition) is 2. The molecule has 0 bridgehead atoms. The maximum atomic E-state index is 10.9. The molecule has 0 radical (unpaired) electrons. The van der Waals surface area contributed by atoms with Gasteiger partial charge in [-0.2, -0.15) is 0 Å². The van der Waals surface area contributed by atoms with E-state index in [1.54, 1.807) is 12.1 Å². The summed E-state index contributed by atoms with van der Waals surface area (Å²) < 4.78 is 0. The number of nitrogens with zero attached hydrogens (tertiary/aromatic N) is 1. The molecule has 76 valence electrons. The molecule has 1 amide bonds. The van der Waals surface area contributed by atoms with Gasteiger partial charge in [0.15, 0.2) is 0 Å². The number of amides is 1. The fraction of sp³-hybridized carbons (Fsp3) is 0.300. The predicted molar refractivity (Wildman–Crippen MR) is 60.1 cm³/mol. The molecule has 4 heteroatoms. The third-order valence-electron chi connectivity index (χ3n) is 1.75. The molecule has 0 fully saturated rings. The first-order valence-electron chi connectivity index (χ1n) is 4.25. The summed E-state index contributed by atoms with van der Waals surface area (Å²) in [5.74, 6) is -0.102. The second-order valence-corrected chi connectivity index (χ2v) is 3.67. The van der Waals surface area contributed by atoms with Crippen molar-refractivity contribution in [2.75, 3.05) is 24.3 Å². The van der Waals surface area contributed by atoms with Crippen molar-refractivity contribution in [2.24, 2.45) is 0 Å². The first-order chi connectivity index (χ1) is 6.50. The lowest BCUT2D eigenvalue weighted by Crippen LogP contribution is -2.14. The van der Waals surface area contributed by atoms with Crippen molar-refractivity contribution in [3.8, 4) is 0 Å². The molecule has 0 heterocycles. The summed E-state index contributed by atoms with van der Waals surface area (Å²) in [6, 6.07) is 5.40. The highest BCUT2D eigenvalue weighted by molar-refractivity contribution is 6.31. The van der Waals surface area contributed by atoms with Crippen LogP contribution in [-0.4, -0.2) is 20.0 Å². The summed E-state index contributed by atoms with van der Waals surface area (Å²) in [4.78, 5) is 12.8. The molecule has 14 heavy (non-hydrogen) atoms. The predicted octanol–water partition coefficient (Wildman–Crippen LogP) is 2.36. The lowest BCUT2D eigenvalue weighted by atomic mass is 10.2. The Hall–Kier alpha value is -1.22. The lowest BCUT2D eigenvalue weighted by Gasteiger charge is -2.17. The van der Waals surface area contributed by atoms with Crippen LogP contribution in [0.5, 0.6) is 0 Å². The minimum Gasteiger partial charge on any atom is -0.376 e. The van der Waals surface area contributed by atoms with Gasteiger partial charge in [0.25, 0.3) is 0 Å². The van der Waals surface area contributed by atoms with Crippen LogP contribution >= 0.6 is 11.6 Å². The van der Waals surface area contributed by atoms with Gasteiger partial charge in [-0.05, 0) is 18.2 Å². The number of benzene rings is 1. The zero-order valence-electron chi connectivity index (χ0n) is 8.47. The van der Waals surface area contributed by atoms with E-state index in [1.165, 1.54) is 6.92 Å². The minimum absolute atomic E-state index is 0.102. The van der Waals surface area contributed by atoms with Crippen molar-refractivity contribution < 1.29 is 4.79 Å². The van der Waals surface area contributed by atoms with Crippen LogP contribution in [0.15, 0.2) is 18.2 Å². The molecule has 0 unspecified atom stereocenters. The highest BCUT2D eigenvalue weighted by Gasteiger charge is 2.06. The number of halogens is 1. The maximum absolute atomic E-state index is 10.9. The highest BCUT2D eigenvalue weighted by Crippen LogP contribution is 2.27. The Morgan fingerprint density at radius 3 is 2.57 bits per heavy atom. The van der Waals surface area contributed by atoms with E-state index in [4.69, 9.17) is 11.6 Å². The molecule has 0 saturated heterocycles. The van der Waals surface area contributed by atoms with Crippen molar-refractivity contribution in [2.45, 2.75) is 6.92 Å². The fourth-order valence-electron chi connectivity index (χ4n) is 1.19. The van der Waals surface area contributed by atoms with Crippen LogP contribution in [0.3, 0.4) is 0 Å². The van der Waals surface area contributed by atoms with E-state index >= 15 is 0 Å². The minimum atomic E-state index is -0.102. The van der Waals surface area contributed by atoms with E-state index in [2.05, 4.69) is 5.32 Å². The molecule has 1 N–H and O–H groups in total. The van der Waals surface area contributed by atoms with Gasteiger partial charge in [-0.3, -0.25) is 4.79 Å². The van der Waals surface area contributed by atoms with Crippen LogP contribution in [0.2, 0.25) is 5.02 Å². The second-order valence-electron chi connectivity index (χ2n) is 3.24. The maximum Gasteiger partial charge on any atom is 0.221 e. The van der Waals surface area contributed by atoms with Crippen molar-refractivity contribution in [3.63, 3.8) is 0 Å². The summed E-state index contributed by atoms with van der Waals surface area (Å²) >= 11 is 5.84. The Morgan fingerprint density at radius 2 is 2.07 bits per heavy atom. The first-order valence-corrected chi connectivity index (χ1v) is 4.63. The van der Waals surface area contributed by atoms with Crippen LogP contribution in [0.25, 0.3) is 0 Å². The normalized spacial score (nSPS) is 9.71. The molecule has 0 aliphatic rings. The van der Waals surface area contributed by atoms with Crippen molar-refractivity contribution >= 4 is 28.9 Å². The summed E-state index contributed by atoms with van der Waals surface area (Å²) in [6.45, 7) is 1.47. The van der Waals surface area contributed by atoms with Crippen LogP contribution in [0.4, 0.5) is 11.4 Å². The largest absolute Gasteiger partial charge is 0.376 e. The molecule has 1 aromatic rings. The van der Waals surface area contributed by atoms with E-state index in [0.717, 1.165) is 11.4 Å². The van der Waals surface area contributed by atoms with Gasteiger partial charge in [0, 0.05) is 26.0 Å². The fourth-order valence-corrected chi connectivity index (χ4v) is 1.36. The Labute approximate surface area is 88.7 Å². The monoisotopic (exact) mass is 212 g/mol. The quantitative estimate of drug-likeness (QED) is 0.817. The molecule has 1 rings (SSSR count). The van der Waals surface area contributed by atoms with Crippen LogP contribution < -0.4 is 10.2 Å². The van der Waals surface area contributed by atoms with Gasteiger partial charge in [-0.25, -0.2) is 0 Å². The van der Waals surface area contributed by atoms with Gasteiger partial charge in [0.1, 0.15) is 0 Å². The van der Waals surface area contributed by atoms with Gasteiger partial charge in [0.2, 0.25) is 5.91 Å². The Morgan fingerprint density at radius 1 is 1.43 bits per heavy atom.